The van der Waals surface area contributed by atoms with Crippen LogP contribution in [0, 0.1) is 0 Å². The average molecular weight is 480 g/mol. The molecule has 0 bridgehead atoms. The Bertz CT molecular complexity index is 615. The van der Waals surface area contributed by atoms with Crippen molar-refractivity contribution < 1.29 is 28.8 Å². The highest BCUT2D eigenvalue weighted by atomic mass is 16.7. The zero-order chi connectivity index (χ0) is 24.9. The van der Waals surface area contributed by atoms with Crippen LogP contribution in [0.3, 0.4) is 0 Å². The molecule has 0 spiro atoms. The van der Waals surface area contributed by atoms with Gasteiger partial charge in [0.1, 0.15) is 6.61 Å². The van der Waals surface area contributed by atoms with E-state index in [0.29, 0.717) is 11.7 Å². The third kappa shape index (κ3) is 15.8. The van der Waals surface area contributed by atoms with Crippen LogP contribution in [0.25, 0.3) is 0 Å². The monoisotopic (exact) mass is 479 g/mol. The molecule has 194 valence electrons. The number of nitrogens with zero attached hydrogens (tertiary/aromatic N) is 1. The number of hydrogen-bond donors (Lipinski definition) is 0. The first-order chi connectivity index (χ1) is 16.5. The van der Waals surface area contributed by atoms with Gasteiger partial charge < -0.3 is 9.57 Å². The van der Waals surface area contributed by atoms with E-state index in [2.05, 4.69) is 19.1 Å². The predicted molar refractivity (Wildman–Crippen MR) is 132 cm³/mol. The normalized spacial score (nSPS) is 13.9. The summed E-state index contributed by atoms with van der Waals surface area (Å²) < 4.78 is 5.38. The molecule has 7 nitrogen and oxygen atoms in total. The molecule has 34 heavy (non-hydrogen) atoms. The summed E-state index contributed by atoms with van der Waals surface area (Å²) in [4.78, 5) is 51.0. The number of imide groups is 1. The van der Waals surface area contributed by atoms with Gasteiger partial charge >= 0.3 is 5.97 Å². The Morgan fingerprint density at radius 3 is 1.88 bits per heavy atom. The van der Waals surface area contributed by atoms with Crippen LogP contribution in [-0.4, -0.2) is 41.8 Å². The minimum Gasteiger partial charge on any atom is -0.374 e. The third-order valence-corrected chi connectivity index (χ3v) is 5.87. The number of hydroxylamine groups is 2. The van der Waals surface area contributed by atoms with Gasteiger partial charge in [0.25, 0.3) is 11.8 Å². The number of ether oxygens (including phenoxy) is 1. The highest BCUT2D eigenvalue weighted by Gasteiger charge is 2.32. The first-order valence-electron chi connectivity index (χ1n) is 13.4. The van der Waals surface area contributed by atoms with Gasteiger partial charge in [-0.2, -0.15) is 0 Å². The molecule has 1 rings (SSSR count). The van der Waals surface area contributed by atoms with Gasteiger partial charge in [-0.3, -0.25) is 14.4 Å². The zero-order valence-corrected chi connectivity index (χ0v) is 21.2. The van der Waals surface area contributed by atoms with Gasteiger partial charge in [-0.15, -0.1) is 5.06 Å². The van der Waals surface area contributed by atoms with Crippen LogP contribution in [0.15, 0.2) is 12.2 Å². The van der Waals surface area contributed by atoms with Crippen LogP contribution >= 0.6 is 0 Å². The Hall–Kier alpha value is -2.02. The van der Waals surface area contributed by atoms with E-state index >= 15 is 0 Å². The van der Waals surface area contributed by atoms with Crippen molar-refractivity contribution >= 4 is 23.6 Å². The smallest absolute Gasteiger partial charge is 0.333 e. The fourth-order valence-corrected chi connectivity index (χ4v) is 3.76. The summed E-state index contributed by atoms with van der Waals surface area (Å²) in [5.41, 5.74) is 0. The van der Waals surface area contributed by atoms with Gasteiger partial charge in [0.2, 0.25) is 0 Å². The molecule has 0 radical (unpaired) electrons. The van der Waals surface area contributed by atoms with Crippen molar-refractivity contribution in [3.05, 3.63) is 12.2 Å². The number of amides is 2. The first kappa shape index (κ1) is 30.0. The van der Waals surface area contributed by atoms with E-state index in [-0.39, 0.29) is 38.1 Å². The second-order valence-electron chi connectivity index (χ2n) is 9.07. The fourth-order valence-electron chi connectivity index (χ4n) is 3.76. The Morgan fingerprint density at radius 2 is 1.29 bits per heavy atom. The molecule has 1 heterocycles. The number of rotatable bonds is 22. The van der Waals surface area contributed by atoms with Crippen LogP contribution < -0.4 is 0 Å². The Kier molecular flexibility index (Phi) is 18.0. The van der Waals surface area contributed by atoms with Gasteiger partial charge in [-0.1, -0.05) is 76.9 Å². The lowest BCUT2D eigenvalue weighted by Gasteiger charge is -2.12. The summed E-state index contributed by atoms with van der Waals surface area (Å²) in [6, 6.07) is 0. The lowest BCUT2D eigenvalue weighted by Crippen LogP contribution is -2.32. The molecule has 2 amide bonds. The molecule has 0 atom stereocenters. The van der Waals surface area contributed by atoms with Crippen LogP contribution in [0.1, 0.15) is 122 Å². The van der Waals surface area contributed by atoms with Crippen molar-refractivity contribution in [3.8, 4) is 0 Å². The van der Waals surface area contributed by atoms with E-state index in [4.69, 9.17) is 9.57 Å². The number of carbonyl (C=O) groups excluding carboxylic acids is 4. The van der Waals surface area contributed by atoms with Crippen LogP contribution in [-0.2, 0) is 28.8 Å². The van der Waals surface area contributed by atoms with E-state index in [1.165, 1.54) is 77.0 Å². The molecule has 0 aromatic carbocycles. The Balaban J connectivity index is 1.83. The van der Waals surface area contributed by atoms with Crippen molar-refractivity contribution in [1.29, 1.82) is 0 Å². The summed E-state index contributed by atoms with van der Waals surface area (Å²) >= 11 is 0. The van der Waals surface area contributed by atoms with Gasteiger partial charge in [0.05, 0.1) is 6.42 Å². The van der Waals surface area contributed by atoms with Gasteiger partial charge in [0.15, 0.2) is 5.78 Å². The van der Waals surface area contributed by atoms with Gasteiger partial charge in [0, 0.05) is 25.9 Å². The summed E-state index contributed by atoms with van der Waals surface area (Å²) in [7, 11) is 0. The minimum absolute atomic E-state index is 0.0253. The summed E-state index contributed by atoms with van der Waals surface area (Å²) in [6.07, 6.45) is 22.1. The van der Waals surface area contributed by atoms with Crippen molar-refractivity contribution in [1.82, 2.24) is 5.06 Å². The molecule has 0 aromatic rings. The average Bonchev–Trinajstić information content (AvgIpc) is 3.14. The summed E-state index contributed by atoms with van der Waals surface area (Å²) in [6.45, 7) is 2.76. The van der Waals surface area contributed by atoms with Gasteiger partial charge in [-0.05, 0) is 32.1 Å². The zero-order valence-electron chi connectivity index (χ0n) is 21.2. The number of unbranched alkanes of at least 4 members (excludes halogenated alkanes) is 12. The van der Waals surface area contributed by atoms with Crippen molar-refractivity contribution in [2.24, 2.45) is 0 Å². The Labute approximate surface area is 205 Å². The summed E-state index contributed by atoms with van der Waals surface area (Å²) in [5.74, 6) is -2.00. The standard InChI is InChI=1S/C27H45NO6/c1-2-3-4-5-6-7-8-9-10-11-12-13-14-15-16-17-22-33-23-24(29)18-21-27(32)34-28-25(30)19-20-26(28)31/h9-10H,2-8,11-23H2,1H3/b10-9-. The molecule has 1 saturated heterocycles. The number of ketones is 1. The molecule has 1 aliphatic rings. The van der Waals surface area contributed by atoms with Crippen LogP contribution in [0.4, 0.5) is 0 Å². The number of carbonyl (C=O) groups is 4. The van der Waals surface area contributed by atoms with Crippen LogP contribution in [0.2, 0.25) is 0 Å². The molecule has 1 aliphatic heterocycles. The van der Waals surface area contributed by atoms with E-state index in [9.17, 15) is 19.2 Å². The maximum atomic E-state index is 11.8. The topological polar surface area (TPSA) is 90.0 Å². The predicted octanol–water partition coefficient (Wildman–Crippen LogP) is 6.00. The highest BCUT2D eigenvalue weighted by molar-refractivity contribution is 6.01. The molecule has 1 fully saturated rings. The molecule has 0 N–H and O–H groups in total. The summed E-state index contributed by atoms with van der Waals surface area (Å²) in [5, 5.41) is 0.497. The molecule has 0 aromatic heterocycles. The third-order valence-electron chi connectivity index (χ3n) is 5.87. The molecule has 0 unspecified atom stereocenters. The highest BCUT2D eigenvalue weighted by Crippen LogP contribution is 2.13. The van der Waals surface area contributed by atoms with Gasteiger partial charge in [-0.25, -0.2) is 4.79 Å². The Morgan fingerprint density at radius 1 is 0.765 bits per heavy atom. The van der Waals surface area contributed by atoms with Crippen molar-refractivity contribution in [2.75, 3.05) is 13.2 Å². The second-order valence-corrected chi connectivity index (χ2v) is 9.07. The second kappa shape index (κ2) is 20.4. The molecule has 0 aliphatic carbocycles. The number of allylic oxidation sites excluding steroid dienone is 2. The lowest BCUT2D eigenvalue weighted by molar-refractivity contribution is -0.197. The maximum Gasteiger partial charge on any atom is 0.333 e. The maximum absolute atomic E-state index is 11.8. The molecular formula is C27H45NO6. The first-order valence-corrected chi connectivity index (χ1v) is 13.4. The SMILES string of the molecule is CCCCCCCC/C=C\CCCCCCCCOCC(=O)CCC(=O)ON1C(=O)CCC1=O. The van der Waals surface area contributed by atoms with Crippen molar-refractivity contribution in [3.63, 3.8) is 0 Å². The molecular weight excluding hydrogens is 434 g/mol. The van der Waals surface area contributed by atoms with E-state index < -0.39 is 17.8 Å². The van der Waals surface area contributed by atoms with E-state index in [1.54, 1.807) is 0 Å². The number of Topliss-reactive ketones (excluding diaryl/α,β-unsaturated/α-hetero) is 1. The fraction of sp³-hybridized carbons (Fsp3) is 0.778. The molecule has 0 saturated carbocycles. The van der Waals surface area contributed by atoms with E-state index in [0.717, 1.165) is 12.8 Å². The minimum atomic E-state index is -0.759. The van der Waals surface area contributed by atoms with E-state index in [1.807, 2.05) is 0 Å². The lowest BCUT2D eigenvalue weighted by atomic mass is 10.1. The van der Waals surface area contributed by atoms with Crippen molar-refractivity contribution in [2.45, 2.75) is 122 Å². The van der Waals surface area contributed by atoms with Crippen LogP contribution in [0.5, 0.6) is 0 Å². The quantitative estimate of drug-likeness (QED) is 0.107. The number of hydrogen-bond acceptors (Lipinski definition) is 6. The molecule has 7 heteroatoms. The largest absolute Gasteiger partial charge is 0.374 e.